The molecule has 1 amide bonds. The van der Waals surface area contributed by atoms with Crippen LogP contribution in [0.1, 0.15) is 39.2 Å². The van der Waals surface area contributed by atoms with E-state index in [1.807, 2.05) is 24.3 Å². The number of hydrogen-bond acceptors (Lipinski definition) is 2. The van der Waals surface area contributed by atoms with E-state index in [1.54, 1.807) is 7.11 Å². The van der Waals surface area contributed by atoms with Gasteiger partial charge in [-0.05, 0) is 36.0 Å². The van der Waals surface area contributed by atoms with Crippen LogP contribution >= 0.6 is 11.6 Å². The van der Waals surface area contributed by atoms with Crippen LogP contribution in [0.15, 0.2) is 24.3 Å². The quantitative estimate of drug-likeness (QED) is 0.778. The Hall–Kier alpha value is -1.22. The SMILES string of the molecule is COc1ccc(CCC(=O)NCC(Cl)CC(C)(C)C)cc1. The normalized spacial score (nSPS) is 12.8. The molecule has 21 heavy (non-hydrogen) atoms. The number of rotatable bonds is 7. The van der Waals surface area contributed by atoms with Gasteiger partial charge in [0, 0.05) is 13.0 Å². The van der Waals surface area contributed by atoms with Crippen LogP contribution in [0.5, 0.6) is 5.75 Å². The fourth-order valence-corrected chi connectivity index (χ4v) is 2.64. The molecule has 0 aliphatic rings. The van der Waals surface area contributed by atoms with Crippen molar-refractivity contribution in [3.8, 4) is 5.75 Å². The molecule has 4 heteroatoms. The topological polar surface area (TPSA) is 38.3 Å². The molecule has 0 spiro atoms. The van der Waals surface area contributed by atoms with E-state index in [0.717, 1.165) is 24.2 Å². The predicted molar refractivity (Wildman–Crippen MR) is 88.0 cm³/mol. The van der Waals surface area contributed by atoms with Crippen LogP contribution in [0, 0.1) is 5.41 Å². The molecule has 1 N–H and O–H groups in total. The molecule has 0 aliphatic carbocycles. The highest BCUT2D eigenvalue weighted by Gasteiger charge is 2.17. The van der Waals surface area contributed by atoms with Crippen LogP contribution in [-0.2, 0) is 11.2 Å². The van der Waals surface area contributed by atoms with Gasteiger partial charge in [-0.15, -0.1) is 11.6 Å². The number of carbonyl (C=O) groups is 1. The molecule has 0 heterocycles. The Morgan fingerprint density at radius 1 is 1.29 bits per heavy atom. The van der Waals surface area contributed by atoms with E-state index in [2.05, 4.69) is 26.1 Å². The van der Waals surface area contributed by atoms with E-state index in [1.165, 1.54) is 0 Å². The maximum Gasteiger partial charge on any atom is 0.220 e. The van der Waals surface area contributed by atoms with E-state index in [4.69, 9.17) is 16.3 Å². The maximum atomic E-state index is 11.8. The van der Waals surface area contributed by atoms with E-state index in [0.29, 0.717) is 13.0 Å². The third-order valence-electron chi connectivity index (χ3n) is 3.15. The lowest BCUT2D eigenvalue weighted by molar-refractivity contribution is -0.121. The van der Waals surface area contributed by atoms with Gasteiger partial charge in [-0.1, -0.05) is 32.9 Å². The summed E-state index contributed by atoms with van der Waals surface area (Å²) in [5.74, 6) is 0.876. The molecular formula is C17H26ClNO2. The zero-order chi connectivity index (χ0) is 15.9. The highest BCUT2D eigenvalue weighted by atomic mass is 35.5. The van der Waals surface area contributed by atoms with Crippen molar-refractivity contribution >= 4 is 17.5 Å². The van der Waals surface area contributed by atoms with Gasteiger partial charge in [0.2, 0.25) is 5.91 Å². The summed E-state index contributed by atoms with van der Waals surface area (Å²) >= 11 is 6.23. The predicted octanol–water partition coefficient (Wildman–Crippen LogP) is 3.79. The zero-order valence-electron chi connectivity index (χ0n) is 13.4. The summed E-state index contributed by atoms with van der Waals surface area (Å²) in [4.78, 5) is 11.8. The van der Waals surface area contributed by atoms with Crippen LogP contribution in [0.2, 0.25) is 0 Å². The largest absolute Gasteiger partial charge is 0.497 e. The summed E-state index contributed by atoms with van der Waals surface area (Å²) in [5.41, 5.74) is 1.31. The Morgan fingerprint density at radius 2 is 1.90 bits per heavy atom. The van der Waals surface area contributed by atoms with E-state index in [-0.39, 0.29) is 16.7 Å². The van der Waals surface area contributed by atoms with Gasteiger partial charge in [0.1, 0.15) is 5.75 Å². The van der Waals surface area contributed by atoms with Gasteiger partial charge in [0.05, 0.1) is 12.5 Å². The number of halogens is 1. The van der Waals surface area contributed by atoms with Crippen LogP contribution in [0.25, 0.3) is 0 Å². The number of methoxy groups -OCH3 is 1. The summed E-state index contributed by atoms with van der Waals surface area (Å²) in [6.07, 6.45) is 2.08. The molecule has 0 saturated carbocycles. The van der Waals surface area contributed by atoms with E-state index in [9.17, 15) is 4.79 Å². The second-order valence-electron chi connectivity index (χ2n) is 6.51. The number of hydrogen-bond donors (Lipinski definition) is 1. The molecule has 1 rings (SSSR count). The van der Waals surface area contributed by atoms with E-state index >= 15 is 0 Å². The number of nitrogens with one attached hydrogen (secondary N) is 1. The van der Waals surface area contributed by atoms with Crippen LogP contribution < -0.4 is 10.1 Å². The van der Waals surface area contributed by atoms with Gasteiger partial charge in [-0.2, -0.15) is 0 Å². The first-order valence-electron chi connectivity index (χ1n) is 7.34. The molecular weight excluding hydrogens is 286 g/mol. The molecule has 0 aromatic heterocycles. The van der Waals surface area contributed by atoms with Crippen LogP contribution in [0.3, 0.4) is 0 Å². The van der Waals surface area contributed by atoms with Crippen molar-refractivity contribution in [1.82, 2.24) is 5.32 Å². The van der Waals surface area contributed by atoms with Crippen molar-refractivity contribution in [2.45, 2.75) is 45.4 Å². The average Bonchev–Trinajstić information content (AvgIpc) is 2.41. The Morgan fingerprint density at radius 3 is 2.43 bits per heavy atom. The average molecular weight is 312 g/mol. The molecule has 0 fully saturated rings. The zero-order valence-corrected chi connectivity index (χ0v) is 14.2. The number of aryl methyl sites for hydroxylation is 1. The standard InChI is InChI=1S/C17H26ClNO2/c1-17(2,3)11-14(18)12-19-16(20)10-7-13-5-8-15(21-4)9-6-13/h5-6,8-9,14H,7,10-12H2,1-4H3,(H,19,20). The molecule has 1 atom stereocenters. The maximum absolute atomic E-state index is 11.8. The van der Waals surface area contributed by atoms with Gasteiger partial charge < -0.3 is 10.1 Å². The van der Waals surface area contributed by atoms with Crippen molar-refractivity contribution in [3.05, 3.63) is 29.8 Å². The number of benzene rings is 1. The number of carbonyl (C=O) groups excluding carboxylic acids is 1. The molecule has 0 aliphatic heterocycles. The molecule has 1 unspecified atom stereocenters. The lowest BCUT2D eigenvalue weighted by Gasteiger charge is -2.22. The molecule has 0 bridgehead atoms. The van der Waals surface area contributed by atoms with Crippen molar-refractivity contribution in [2.75, 3.05) is 13.7 Å². The molecule has 0 radical (unpaired) electrons. The minimum atomic E-state index is -0.0186. The van der Waals surface area contributed by atoms with Gasteiger partial charge >= 0.3 is 0 Å². The number of ether oxygens (including phenoxy) is 1. The van der Waals surface area contributed by atoms with Crippen molar-refractivity contribution < 1.29 is 9.53 Å². The molecule has 1 aromatic carbocycles. The Bertz CT molecular complexity index is 437. The highest BCUT2D eigenvalue weighted by Crippen LogP contribution is 2.23. The minimum absolute atomic E-state index is 0.0186. The summed E-state index contributed by atoms with van der Waals surface area (Å²) in [6, 6.07) is 7.78. The smallest absolute Gasteiger partial charge is 0.220 e. The lowest BCUT2D eigenvalue weighted by Crippen LogP contribution is -2.31. The van der Waals surface area contributed by atoms with E-state index < -0.39 is 0 Å². The minimum Gasteiger partial charge on any atom is -0.497 e. The first-order valence-corrected chi connectivity index (χ1v) is 7.77. The molecule has 118 valence electrons. The fraction of sp³-hybridized carbons (Fsp3) is 0.588. The highest BCUT2D eigenvalue weighted by molar-refractivity contribution is 6.20. The molecule has 0 saturated heterocycles. The number of amides is 1. The first-order chi connectivity index (χ1) is 9.80. The first kappa shape index (κ1) is 17.8. The second kappa shape index (κ2) is 8.28. The Balaban J connectivity index is 2.27. The fourth-order valence-electron chi connectivity index (χ4n) is 2.10. The van der Waals surface area contributed by atoms with Crippen LogP contribution in [0.4, 0.5) is 0 Å². The summed E-state index contributed by atoms with van der Waals surface area (Å²) < 4.78 is 5.11. The third-order valence-corrected chi connectivity index (χ3v) is 3.46. The monoisotopic (exact) mass is 311 g/mol. The van der Waals surface area contributed by atoms with Gasteiger partial charge in [0.15, 0.2) is 0 Å². The van der Waals surface area contributed by atoms with Crippen molar-refractivity contribution in [3.63, 3.8) is 0 Å². The van der Waals surface area contributed by atoms with Gasteiger partial charge in [0.25, 0.3) is 0 Å². The summed E-state index contributed by atoms with van der Waals surface area (Å²) in [7, 11) is 1.64. The van der Waals surface area contributed by atoms with Gasteiger partial charge in [-0.3, -0.25) is 4.79 Å². The number of alkyl halides is 1. The van der Waals surface area contributed by atoms with Crippen LogP contribution in [-0.4, -0.2) is 24.9 Å². The molecule has 3 nitrogen and oxygen atoms in total. The van der Waals surface area contributed by atoms with Crippen molar-refractivity contribution in [1.29, 1.82) is 0 Å². The molecule has 1 aromatic rings. The summed E-state index contributed by atoms with van der Waals surface area (Å²) in [6.45, 7) is 6.97. The lowest BCUT2D eigenvalue weighted by atomic mass is 9.90. The third kappa shape index (κ3) is 7.96. The van der Waals surface area contributed by atoms with Crippen molar-refractivity contribution in [2.24, 2.45) is 5.41 Å². The second-order valence-corrected chi connectivity index (χ2v) is 7.13. The summed E-state index contributed by atoms with van der Waals surface area (Å²) in [5, 5.41) is 2.88. The van der Waals surface area contributed by atoms with Gasteiger partial charge in [-0.25, -0.2) is 0 Å². The Kier molecular flexibility index (Phi) is 7.03. The Labute approximate surface area is 133 Å².